The summed E-state index contributed by atoms with van der Waals surface area (Å²) in [6.45, 7) is 8.39. The second kappa shape index (κ2) is 7.37. The van der Waals surface area contributed by atoms with Gasteiger partial charge in [-0.3, -0.25) is 0 Å². The average molecular weight is 406 g/mol. The van der Waals surface area contributed by atoms with Crippen molar-refractivity contribution < 1.29 is 9.31 Å². The maximum absolute atomic E-state index is 6.40. The van der Waals surface area contributed by atoms with Crippen LogP contribution in [0.1, 0.15) is 27.7 Å². The molecule has 31 heavy (non-hydrogen) atoms. The molecule has 0 bridgehead atoms. The van der Waals surface area contributed by atoms with Gasteiger partial charge in [-0.2, -0.15) is 0 Å². The second-order valence-electron chi connectivity index (χ2n) is 9.29. The molecule has 1 aliphatic rings. The van der Waals surface area contributed by atoms with Gasteiger partial charge >= 0.3 is 7.12 Å². The number of hydrogen-bond donors (Lipinski definition) is 0. The summed E-state index contributed by atoms with van der Waals surface area (Å²) >= 11 is 0. The molecule has 0 atom stereocenters. The Hall–Kier alpha value is -2.88. The van der Waals surface area contributed by atoms with Gasteiger partial charge in [0.15, 0.2) is 0 Å². The van der Waals surface area contributed by atoms with E-state index in [2.05, 4.69) is 119 Å². The zero-order chi connectivity index (χ0) is 21.6. The Balaban J connectivity index is 1.73. The lowest BCUT2D eigenvalue weighted by molar-refractivity contribution is 0.00578. The van der Waals surface area contributed by atoms with Crippen molar-refractivity contribution in [2.45, 2.75) is 38.9 Å². The minimum Gasteiger partial charge on any atom is -0.399 e. The number of benzene rings is 4. The van der Waals surface area contributed by atoms with E-state index in [1.165, 1.54) is 33.0 Å². The van der Waals surface area contributed by atoms with Crippen LogP contribution in [0.4, 0.5) is 0 Å². The van der Waals surface area contributed by atoms with E-state index in [1.54, 1.807) is 0 Å². The van der Waals surface area contributed by atoms with Gasteiger partial charge in [0, 0.05) is 0 Å². The summed E-state index contributed by atoms with van der Waals surface area (Å²) in [6, 6.07) is 32.2. The fraction of sp³-hybridized carbons (Fsp3) is 0.214. The molecule has 0 aromatic heterocycles. The number of rotatable bonds is 3. The standard InChI is InChI=1S/C28H27BO2/c1-27(2)28(3,4)31-29(30-27)26-17-11-16-22-18-23(20-12-7-5-8-13-20)24(19-25(22)26)21-14-9-6-10-15-21/h5-19H,1-4H3. The van der Waals surface area contributed by atoms with Crippen LogP contribution in [-0.2, 0) is 9.31 Å². The van der Waals surface area contributed by atoms with Gasteiger partial charge in [0.2, 0.25) is 0 Å². The SMILES string of the molecule is CC1(C)OB(c2cccc3cc(-c4ccccc4)c(-c4ccccc4)cc23)OC1(C)C. The minimum atomic E-state index is -0.389. The van der Waals surface area contributed by atoms with Gasteiger partial charge in [-0.1, -0.05) is 78.9 Å². The summed E-state index contributed by atoms with van der Waals surface area (Å²) in [7, 11) is -0.389. The zero-order valence-electron chi connectivity index (χ0n) is 18.6. The fourth-order valence-corrected chi connectivity index (χ4v) is 4.24. The first-order chi connectivity index (χ1) is 14.9. The van der Waals surface area contributed by atoms with Crippen LogP contribution in [0.3, 0.4) is 0 Å². The van der Waals surface area contributed by atoms with Crippen LogP contribution in [0.15, 0.2) is 91.0 Å². The Morgan fingerprint density at radius 1 is 0.581 bits per heavy atom. The molecular formula is C28H27BO2. The van der Waals surface area contributed by atoms with Gasteiger partial charge < -0.3 is 9.31 Å². The van der Waals surface area contributed by atoms with Crippen molar-refractivity contribution in [1.82, 2.24) is 0 Å². The molecule has 4 aromatic rings. The normalized spacial score (nSPS) is 17.2. The third kappa shape index (κ3) is 3.48. The fourth-order valence-electron chi connectivity index (χ4n) is 4.24. The van der Waals surface area contributed by atoms with Gasteiger partial charge in [0.1, 0.15) is 0 Å². The lowest BCUT2D eigenvalue weighted by Crippen LogP contribution is -2.41. The molecule has 1 saturated heterocycles. The summed E-state index contributed by atoms with van der Waals surface area (Å²) in [6.07, 6.45) is 0. The van der Waals surface area contributed by atoms with Crippen LogP contribution >= 0.6 is 0 Å². The molecule has 1 aliphatic heterocycles. The van der Waals surface area contributed by atoms with Gasteiger partial charge in [-0.05, 0) is 78.3 Å². The molecule has 0 spiro atoms. The van der Waals surface area contributed by atoms with Crippen molar-refractivity contribution in [3.63, 3.8) is 0 Å². The minimum absolute atomic E-state index is 0.369. The van der Waals surface area contributed by atoms with E-state index in [-0.39, 0.29) is 18.3 Å². The molecular weight excluding hydrogens is 379 g/mol. The molecule has 0 unspecified atom stereocenters. The first kappa shape index (κ1) is 20.1. The van der Waals surface area contributed by atoms with Crippen molar-refractivity contribution in [2.75, 3.05) is 0 Å². The quantitative estimate of drug-likeness (QED) is 0.363. The van der Waals surface area contributed by atoms with E-state index in [9.17, 15) is 0 Å². The molecule has 0 amide bonds. The molecule has 5 rings (SSSR count). The first-order valence-corrected chi connectivity index (χ1v) is 10.9. The Morgan fingerprint density at radius 2 is 1.10 bits per heavy atom. The Bertz CT molecular complexity index is 1210. The highest BCUT2D eigenvalue weighted by molar-refractivity contribution is 6.65. The molecule has 0 aliphatic carbocycles. The van der Waals surface area contributed by atoms with Crippen LogP contribution in [-0.4, -0.2) is 18.3 Å². The average Bonchev–Trinajstić information content (AvgIpc) is 3.00. The van der Waals surface area contributed by atoms with Crippen molar-refractivity contribution in [2.24, 2.45) is 0 Å². The van der Waals surface area contributed by atoms with E-state index < -0.39 is 0 Å². The molecule has 0 radical (unpaired) electrons. The Morgan fingerprint density at radius 3 is 1.65 bits per heavy atom. The van der Waals surface area contributed by atoms with E-state index in [0.717, 1.165) is 5.46 Å². The summed E-state index contributed by atoms with van der Waals surface area (Å²) in [4.78, 5) is 0. The van der Waals surface area contributed by atoms with Gasteiger partial charge in [-0.15, -0.1) is 0 Å². The number of fused-ring (bicyclic) bond motifs is 1. The largest absolute Gasteiger partial charge is 0.495 e. The van der Waals surface area contributed by atoms with Crippen molar-refractivity contribution in [3.05, 3.63) is 91.0 Å². The van der Waals surface area contributed by atoms with Crippen LogP contribution in [0, 0.1) is 0 Å². The van der Waals surface area contributed by atoms with Crippen LogP contribution in [0.25, 0.3) is 33.0 Å². The molecule has 1 fully saturated rings. The van der Waals surface area contributed by atoms with Crippen LogP contribution in [0.2, 0.25) is 0 Å². The first-order valence-electron chi connectivity index (χ1n) is 10.9. The highest BCUT2D eigenvalue weighted by atomic mass is 16.7. The lowest BCUT2D eigenvalue weighted by atomic mass is 9.75. The van der Waals surface area contributed by atoms with Gasteiger partial charge in [0.25, 0.3) is 0 Å². The molecule has 1 heterocycles. The zero-order valence-corrected chi connectivity index (χ0v) is 18.6. The molecule has 154 valence electrons. The van der Waals surface area contributed by atoms with E-state index in [1.807, 2.05) is 0 Å². The van der Waals surface area contributed by atoms with Gasteiger partial charge in [0.05, 0.1) is 11.2 Å². The molecule has 2 nitrogen and oxygen atoms in total. The molecule has 4 aromatic carbocycles. The van der Waals surface area contributed by atoms with Crippen LogP contribution < -0.4 is 5.46 Å². The highest BCUT2D eigenvalue weighted by Gasteiger charge is 2.52. The number of hydrogen-bond acceptors (Lipinski definition) is 2. The van der Waals surface area contributed by atoms with Crippen molar-refractivity contribution in [3.8, 4) is 22.3 Å². The van der Waals surface area contributed by atoms with Crippen molar-refractivity contribution >= 4 is 23.4 Å². The van der Waals surface area contributed by atoms with Crippen molar-refractivity contribution in [1.29, 1.82) is 0 Å². The molecule has 0 saturated carbocycles. The molecule has 0 N–H and O–H groups in total. The Kier molecular flexibility index (Phi) is 4.77. The monoisotopic (exact) mass is 406 g/mol. The highest BCUT2D eigenvalue weighted by Crippen LogP contribution is 2.39. The predicted octanol–water partition coefficient (Wildman–Crippen LogP) is 6.47. The topological polar surface area (TPSA) is 18.5 Å². The predicted molar refractivity (Wildman–Crippen MR) is 131 cm³/mol. The van der Waals surface area contributed by atoms with E-state index in [0.29, 0.717) is 0 Å². The summed E-state index contributed by atoms with van der Waals surface area (Å²) in [5, 5.41) is 2.35. The third-order valence-corrected chi connectivity index (χ3v) is 6.73. The second-order valence-corrected chi connectivity index (χ2v) is 9.29. The maximum Gasteiger partial charge on any atom is 0.495 e. The lowest BCUT2D eigenvalue weighted by Gasteiger charge is -2.32. The van der Waals surface area contributed by atoms with Gasteiger partial charge in [-0.25, -0.2) is 0 Å². The molecule has 3 heteroatoms. The Labute approximate surface area is 185 Å². The maximum atomic E-state index is 6.40. The van der Waals surface area contributed by atoms with E-state index >= 15 is 0 Å². The summed E-state index contributed by atoms with van der Waals surface area (Å²) in [5.74, 6) is 0. The summed E-state index contributed by atoms with van der Waals surface area (Å²) in [5.41, 5.74) is 5.19. The third-order valence-electron chi connectivity index (χ3n) is 6.73. The summed E-state index contributed by atoms with van der Waals surface area (Å²) < 4.78 is 12.8. The van der Waals surface area contributed by atoms with E-state index in [4.69, 9.17) is 9.31 Å². The smallest absolute Gasteiger partial charge is 0.399 e. The van der Waals surface area contributed by atoms with Crippen LogP contribution in [0.5, 0.6) is 0 Å².